The Morgan fingerprint density at radius 3 is 2.39 bits per heavy atom. The smallest absolute Gasteiger partial charge is 0.322 e. The van der Waals surface area contributed by atoms with Crippen LogP contribution in [0.1, 0.15) is 39.5 Å². The highest BCUT2D eigenvalue weighted by Crippen LogP contribution is 2.09. The van der Waals surface area contributed by atoms with Crippen LogP contribution in [0.4, 0.5) is 0 Å². The number of likely N-dealkylation sites (tertiary alicyclic amines) is 1. The molecule has 5 heteroatoms. The fraction of sp³-hybridized carbons (Fsp3) is 0.846. The molecule has 1 unspecified atom stereocenters. The van der Waals surface area contributed by atoms with Crippen LogP contribution in [0.3, 0.4) is 0 Å². The first-order valence-corrected chi connectivity index (χ1v) is 6.83. The molecule has 1 amide bonds. The molecule has 1 heterocycles. The number of hydrogen-bond donors (Lipinski definition) is 1. The van der Waals surface area contributed by atoms with Gasteiger partial charge in [0.25, 0.3) is 0 Å². The van der Waals surface area contributed by atoms with Crippen molar-refractivity contribution < 1.29 is 14.3 Å². The van der Waals surface area contributed by atoms with Gasteiger partial charge in [-0.05, 0) is 26.7 Å². The Labute approximate surface area is 109 Å². The number of rotatable bonds is 5. The highest BCUT2D eigenvalue weighted by Gasteiger charge is 2.18. The minimum Gasteiger partial charge on any atom is -0.465 e. The molecule has 1 aliphatic rings. The van der Waals surface area contributed by atoms with Crippen molar-refractivity contribution in [3.63, 3.8) is 0 Å². The lowest BCUT2D eigenvalue weighted by Gasteiger charge is -2.21. The summed E-state index contributed by atoms with van der Waals surface area (Å²) >= 11 is 0. The average Bonchev–Trinajstić information content (AvgIpc) is 2.64. The molecule has 0 aromatic rings. The standard InChI is InChI=1S/C13H24N2O3/c1-3-18-13(17)11(2)14-10-12(16)15-8-6-4-5-7-9-15/h11,14H,3-10H2,1-2H3. The molecule has 5 nitrogen and oxygen atoms in total. The summed E-state index contributed by atoms with van der Waals surface area (Å²) in [6, 6.07) is -0.430. The second kappa shape index (κ2) is 8.08. The van der Waals surface area contributed by atoms with Crippen molar-refractivity contribution in [1.29, 1.82) is 0 Å². The highest BCUT2D eigenvalue weighted by molar-refractivity contribution is 5.80. The van der Waals surface area contributed by atoms with E-state index >= 15 is 0 Å². The third-order valence-corrected chi connectivity index (χ3v) is 3.16. The summed E-state index contributed by atoms with van der Waals surface area (Å²) in [7, 11) is 0. The summed E-state index contributed by atoms with van der Waals surface area (Å²) < 4.78 is 4.88. The lowest BCUT2D eigenvalue weighted by atomic mass is 10.2. The van der Waals surface area contributed by atoms with E-state index in [9.17, 15) is 9.59 Å². The van der Waals surface area contributed by atoms with Crippen molar-refractivity contribution in [2.45, 2.75) is 45.6 Å². The predicted molar refractivity (Wildman–Crippen MR) is 69.1 cm³/mol. The van der Waals surface area contributed by atoms with Gasteiger partial charge in [0, 0.05) is 13.1 Å². The van der Waals surface area contributed by atoms with E-state index in [-0.39, 0.29) is 18.4 Å². The largest absolute Gasteiger partial charge is 0.465 e. The fourth-order valence-electron chi connectivity index (χ4n) is 2.02. The van der Waals surface area contributed by atoms with Gasteiger partial charge in [0.15, 0.2) is 0 Å². The molecule has 0 saturated carbocycles. The van der Waals surface area contributed by atoms with E-state index in [2.05, 4.69) is 5.32 Å². The SMILES string of the molecule is CCOC(=O)C(C)NCC(=O)N1CCCCCC1. The van der Waals surface area contributed by atoms with Gasteiger partial charge in [-0.1, -0.05) is 12.8 Å². The summed E-state index contributed by atoms with van der Waals surface area (Å²) in [6.45, 7) is 5.74. The van der Waals surface area contributed by atoms with Crippen molar-refractivity contribution in [1.82, 2.24) is 10.2 Å². The second-order valence-corrected chi connectivity index (χ2v) is 4.65. The van der Waals surface area contributed by atoms with Gasteiger partial charge in [0.1, 0.15) is 6.04 Å². The number of amides is 1. The van der Waals surface area contributed by atoms with E-state index in [1.165, 1.54) is 12.8 Å². The average molecular weight is 256 g/mol. The van der Waals surface area contributed by atoms with Crippen LogP contribution in [0.15, 0.2) is 0 Å². The number of carbonyl (C=O) groups excluding carboxylic acids is 2. The lowest BCUT2D eigenvalue weighted by Crippen LogP contribution is -2.44. The van der Waals surface area contributed by atoms with Gasteiger partial charge in [-0.2, -0.15) is 0 Å². The molecule has 18 heavy (non-hydrogen) atoms. The van der Waals surface area contributed by atoms with Gasteiger partial charge >= 0.3 is 5.97 Å². The summed E-state index contributed by atoms with van der Waals surface area (Å²) in [5.41, 5.74) is 0. The third-order valence-electron chi connectivity index (χ3n) is 3.16. The number of hydrogen-bond acceptors (Lipinski definition) is 4. The molecule has 0 aromatic heterocycles. The maximum atomic E-state index is 11.9. The number of carbonyl (C=O) groups is 2. The quantitative estimate of drug-likeness (QED) is 0.743. The minimum atomic E-state index is -0.430. The summed E-state index contributed by atoms with van der Waals surface area (Å²) in [4.78, 5) is 25.2. The van der Waals surface area contributed by atoms with Crippen LogP contribution in [-0.2, 0) is 14.3 Å². The molecule has 1 saturated heterocycles. The molecule has 1 N–H and O–H groups in total. The van der Waals surface area contributed by atoms with Crippen molar-refractivity contribution in [2.24, 2.45) is 0 Å². The Balaban J connectivity index is 2.28. The minimum absolute atomic E-state index is 0.0769. The number of ether oxygens (including phenoxy) is 1. The van der Waals surface area contributed by atoms with Crippen molar-refractivity contribution in [3.05, 3.63) is 0 Å². The van der Waals surface area contributed by atoms with Crippen LogP contribution >= 0.6 is 0 Å². The van der Waals surface area contributed by atoms with Gasteiger partial charge < -0.3 is 9.64 Å². The molecular formula is C13H24N2O3. The van der Waals surface area contributed by atoms with Crippen molar-refractivity contribution in [2.75, 3.05) is 26.2 Å². The second-order valence-electron chi connectivity index (χ2n) is 4.65. The maximum Gasteiger partial charge on any atom is 0.322 e. The van der Waals surface area contributed by atoms with E-state index in [0.717, 1.165) is 25.9 Å². The first kappa shape index (κ1) is 15.0. The Morgan fingerprint density at radius 1 is 1.22 bits per heavy atom. The van der Waals surface area contributed by atoms with Crippen molar-refractivity contribution in [3.8, 4) is 0 Å². The molecule has 0 aliphatic carbocycles. The van der Waals surface area contributed by atoms with Crippen LogP contribution in [0.5, 0.6) is 0 Å². The lowest BCUT2D eigenvalue weighted by molar-refractivity contribution is -0.145. The Morgan fingerprint density at radius 2 is 1.83 bits per heavy atom. The van der Waals surface area contributed by atoms with Gasteiger partial charge in [-0.3, -0.25) is 14.9 Å². The van der Waals surface area contributed by atoms with Gasteiger partial charge in [-0.15, -0.1) is 0 Å². The van der Waals surface area contributed by atoms with Crippen LogP contribution in [0.2, 0.25) is 0 Å². The zero-order valence-electron chi connectivity index (χ0n) is 11.4. The topological polar surface area (TPSA) is 58.6 Å². The third kappa shape index (κ3) is 5.04. The molecule has 0 spiro atoms. The molecule has 104 valence electrons. The number of nitrogens with zero attached hydrogens (tertiary/aromatic N) is 1. The summed E-state index contributed by atoms with van der Waals surface area (Å²) in [5, 5.41) is 2.92. The van der Waals surface area contributed by atoms with Crippen LogP contribution in [-0.4, -0.2) is 49.1 Å². The maximum absolute atomic E-state index is 11.9. The summed E-state index contributed by atoms with van der Waals surface area (Å²) in [5.74, 6) is -0.228. The van der Waals surface area contributed by atoms with E-state index in [1.807, 2.05) is 4.90 Å². The van der Waals surface area contributed by atoms with Crippen LogP contribution < -0.4 is 5.32 Å². The van der Waals surface area contributed by atoms with Gasteiger partial charge in [-0.25, -0.2) is 0 Å². The Hall–Kier alpha value is -1.10. The van der Waals surface area contributed by atoms with E-state index in [0.29, 0.717) is 6.61 Å². The first-order chi connectivity index (χ1) is 8.65. The predicted octanol–water partition coefficient (Wildman–Crippen LogP) is 0.930. The normalized spacial score (nSPS) is 18.0. The van der Waals surface area contributed by atoms with Crippen LogP contribution in [0.25, 0.3) is 0 Å². The first-order valence-electron chi connectivity index (χ1n) is 6.83. The molecular weight excluding hydrogens is 232 g/mol. The molecule has 0 aromatic carbocycles. The molecule has 1 rings (SSSR count). The molecule has 0 bridgehead atoms. The molecule has 1 fully saturated rings. The zero-order valence-corrected chi connectivity index (χ0v) is 11.4. The summed E-state index contributed by atoms with van der Waals surface area (Å²) in [6.07, 6.45) is 4.57. The van der Waals surface area contributed by atoms with E-state index in [4.69, 9.17) is 4.74 Å². The Kier molecular flexibility index (Phi) is 6.72. The highest BCUT2D eigenvalue weighted by atomic mass is 16.5. The van der Waals surface area contributed by atoms with Gasteiger partial charge in [0.2, 0.25) is 5.91 Å². The Bertz CT molecular complexity index is 273. The zero-order chi connectivity index (χ0) is 13.4. The fourth-order valence-corrected chi connectivity index (χ4v) is 2.02. The van der Waals surface area contributed by atoms with Gasteiger partial charge in [0.05, 0.1) is 13.2 Å². The van der Waals surface area contributed by atoms with Crippen LogP contribution in [0, 0.1) is 0 Å². The molecule has 1 atom stereocenters. The van der Waals surface area contributed by atoms with E-state index in [1.54, 1.807) is 13.8 Å². The van der Waals surface area contributed by atoms with Crippen molar-refractivity contribution >= 4 is 11.9 Å². The monoisotopic (exact) mass is 256 g/mol. The molecule has 0 radical (unpaired) electrons. The van der Waals surface area contributed by atoms with E-state index < -0.39 is 6.04 Å². The number of esters is 1. The number of nitrogens with one attached hydrogen (secondary N) is 1. The molecule has 1 aliphatic heterocycles.